The summed E-state index contributed by atoms with van der Waals surface area (Å²) in [6.45, 7) is -0.0891. The standard InChI is InChI=1S/C9H13N3O3/c1-11(15-2)9(14)6-12-5-7(10)3-4-8(12)13/h3-5H,6,10H2,1-2H3. The predicted molar refractivity (Wildman–Crippen MR) is 54.9 cm³/mol. The Morgan fingerprint density at radius 2 is 2.27 bits per heavy atom. The molecule has 0 saturated heterocycles. The highest BCUT2D eigenvalue weighted by atomic mass is 16.7. The van der Waals surface area contributed by atoms with Crippen molar-refractivity contribution in [3.63, 3.8) is 0 Å². The van der Waals surface area contributed by atoms with Crippen LogP contribution in [0.15, 0.2) is 23.1 Å². The van der Waals surface area contributed by atoms with Crippen LogP contribution in [0, 0.1) is 0 Å². The van der Waals surface area contributed by atoms with Gasteiger partial charge in [0.15, 0.2) is 0 Å². The van der Waals surface area contributed by atoms with Crippen molar-refractivity contribution in [3.05, 3.63) is 28.7 Å². The van der Waals surface area contributed by atoms with Crippen LogP contribution in [0.3, 0.4) is 0 Å². The van der Waals surface area contributed by atoms with Crippen molar-refractivity contribution < 1.29 is 9.63 Å². The Hall–Kier alpha value is -1.82. The van der Waals surface area contributed by atoms with Gasteiger partial charge in [0.05, 0.1) is 7.11 Å². The van der Waals surface area contributed by atoms with E-state index in [9.17, 15) is 9.59 Å². The molecular weight excluding hydrogens is 198 g/mol. The van der Waals surface area contributed by atoms with Gasteiger partial charge in [-0.2, -0.15) is 0 Å². The van der Waals surface area contributed by atoms with Gasteiger partial charge in [-0.3, -0.25) is 14.4 Å². The highest BCUT2D eigenvalue weighted by molar-refractivity contribution is 5.74. The molecule has 1 aromatic rings. The topological polar surface area (TPSA) is 77.6 Å². The minimum absolute atomic E-state index is 0.0891. The molecule has 0 bridgehead atoms. The van der Waals surface area contributed by atoms with Crippen molar-refractivity contribution in [2.24, 2.45) is 0 Å². The SMILES string of the molecule is CON(C)C(=O)Cn1cc(N)ccc1=O. The van der Waals surface area contributed by atoms with Crippen LogP contribution in [0.4, 0.5) is 5.69 Å². The maximum atomic E-state index is 11.4. The molecule has 0 aliphatic carbocycles. The van der Waals surface area contributed by atoms with Crippen LogP contribution in [0.1, 0.15) is 0 Å². The quantitative estimate of drug-likeness (QED) is 0.680. The second-order valence-corrected chi connectivity index (χ2v) is 3.00. The van der Waals surface area contributed by atoms with Gasteiger partial charge in [0.1, 0.15) is 6.54 Å². The van der Waals surface area contributed by atoms with Gasteiger partial charge in [-0.15, -0.1) is 0 Å². The van der Waals surface area contributed by atoms with Crippen molar-refractivity contribution in [3.8, 4) is 0 Å². The van der Waals surface area contributed by atoms with Gasteiger partial charge >= 0.3 is 0 Å². The monoisotopic (exact) mass is 211 g/mol. The fourth-order valence-corrected chi connectivity index (χ4v) is 1.02. The number of likely N-dealkylation sites (N-methyl/N-ethyl adjacent to an activating group) is 1. The number of nitrogens with two attached hydrogens (primary N) is 1. The average molecular weight is 211 g/mol. The third-order valence-corrected chi connectivity index (χ3v) is 1.94. The van der Waals surface area contributed by atoms with Gasteiger partial charge in [-0.05, 0) is 6.07 Å². The van der Waals surface area contributed by atoms with E-state index < -0.39 is 0 Å². The van der Waals surface area contributed by atoms with Gasteiger partial charge in [-0.1, -0.05) is 0 Å². The summed E-state index contributed by atoms with van der Waals surface area (Å²) in [6, 6.07) is 2.80. The van der Waals surface area contributed by atoms with Gasteiger partial charge in [-0.25, -0.2) is 5.06 Å². The number of nitrogen functional groups attached to an aromatic ring is 1. The second-order valence-electron chi connectivity index (χ2n) is 3.00. The number of carbonyl (C=O) groups is 1. The lowest BCUT2D eigenvalue weighted by Crippen LogP contribution is -2.32. The Morgan fingerprint density at radius 1 is 1.60 bits per heavy atom. The molecule has 1 amide bonds. The zero-order valence-corrected chi connectivity index (χ0v) is 8.64. The smallest absolute Gasteiger partial charge is 0.265 e. The summed E-state index contributed by atoms with van der Waals surface area (Å²) in [6.07, 6.45) is 1.42. The number of hydrogen-bond acceptors (Lipinski definition) is 4. The summed E-state index contributed by atoms with van der Waals surface area (Å²) in [5.41, 5.74) is 5.65. The van der Waals surface area contributed by atoms with E-state index in [1.165, 1.54) is 37.1 Å². The molecule has 0 radical (unpaired) electrons. The molecule has 0 saturated carbocycles. The molecule has 82 valence electrons. The van der Waals surface area contributed by atoms with E-state index in [0.717, 1.165) is 5.06 Å². The molecule has 0 atom stereocenters. The minimum Gasteiger partial charge on any atom is -0.398 e. The van der Waals surface area contributed by atoms with Gasteiger partial charge < -0.3 is 10.3 Å². The first-order chi connectivity index (χ1) is 7.04. The van der Waals surface area contributed by atoms with E-state index in [1.807, 2.05) is 0 Å². The van der Waals surface area contributed by atoms with E-state index in [-0.39, 0.29) is 18.0 Å². The number of aromatic nitrogens is 1. The fourth-order valence-electron chi connectivity index (χ4n) is 1.02. The summed E-state index contributed by atoms with van der Waals surface area (Å²) in [7, 11) is 2.85. The van der Waals surface area contributed by atoms with Crippen LogP contribution in [-0.4, -0.2) is 29.7 Å². The number of amides is 1. The van der Waals surface area contributed by atoms with E-state index in [1.54, 1.807) is 0 Å². The van der Waals surface area contributed by atoms with E-state index in [0.29, 0.717) is 5.69 Å². The highest BCUT2D eigenvalue weighted by Crippen LogP contribution is 1.96. The first-order valence-corrected chi connectivity index (χ1v) is 4.31. The van der Waals surface area contributed by atoms with Crippen molar-refractivity contribution >= 4 is 11.6 Å². The molecule has 1 aromatic heterocycles. The summed E-state index contributed by atoms with van der Waals surface area (Å²) in [5.74, 6) is -0.329. The number of anilines is 1. The number of nitrogens with zero attached hydrogens (tertiary/aromatic N) is 2. The zero-order valence-electron chi connectivity index (χ0n) is 8.64. The summed E-state index contributed by atoms with van der Waals surface area (Å²) >= 11 is 0. The minimum atomic E-state index is -0.329. The third kappa shape index (κ3) is 2.81. The molecule has 0 unspecified atom stereocenters. The van der Waals surface area contributed by atoms with Crippen LogP contribution >= 0.6 is 0 Å². The second kappa shape index (κ2) is 4.61. The maximum absolute atomic E-state index is 11.4. The molecule has 0 aliphatic rings. The summed E-state index contributed by atoms with van der Waals surface area (Å²) < 4.78 is 1.23. The first kappa shape index (κ1) is 11.3. The molecule has 6 heteroatoms. The first-order valence-electron chi connectivity index (χ1n) is 4.31. The molecular formula is C9H13N3O3. The van der Waals surface area contributed by atoms with Crippen LogP contribution in [-0.2, 0) is 16.2 Å². The van der Waals surface area contributed by atoms with Crippen LogP contribution < -0.4 is 11.3 Å². The zero-order chi connectivity index (χ0) is 11.4. The Kier molecular flexibility index (Phi) is 3.46. The number of hydroxylamine groups is 2. The molecule has 0 fully saturated rings. The van der Waals surface area contributed by atoms with Crippen LogP contribution in [0.2, 0.25) is 0 Å². The highest BCUT2D eigenvalue weighted by Gasteiger charge is 2.09. The molecule has 15 heavy (non-hydrogen) atoms. The van der Waals surface area contributed by atoms with Crippen molar-refractivity contribution in [1.82, 2.24) is 9.63 Å². The lowest BCUT2D eigenvalue weighted by Gasteiger charge is -2.14. The maximum Gasteiger partial charge on any atom is 0.265 e. The fraction of sp³-hybridized carbons (Fsp3) is 0.333. The van der Waals surface area contributed by atoms with Crippen molar-refractivity contribution in [2.45, 2.75) is 6.54 Å². The van der Waals surface area contributed by atoms with Crippen LogP contribution in [0.5, 0.6) is 0 Å². The molecule has 0 aliphatic heterocycles. The molecule has 1 rings (SSSR count). The van der Waals surface area contributed by atoms with Gasteiger partial charge in [0.2, 0.25) is 0 Å². The van der Waals surface area contributed by atoms with E-state index in [2.05, 4.69) is 0 Å². The van der Waals surface area contributed by atoms with Gasteiger partial charge in [0.25, 0.3) is 11.5 Å². The Labute approximate surface area is 86.8 Å². The van der Waals surface area contributed by atoms with Crippen molar-refractivity contribution in [1.29, 1.82) is 0 Å². The predicted octanol–water partition coefficient (Wildman–Crippen LogP) is -0.550. The lowest BCUT2D eigenvalue weighted by molar-refractivity contribution is -0.169. The Bertz CT molecular complexity index is 413. The normalized spacial score (nSPS) is 10.0. The molecule has 0 spiro atoms. The van der Waals surface area contributed by atoms with Crippen LogP contribution in [0.25, 0.3) is 0 Å². The largest absolute Gasteiger partial charge is 0.398 e. The molecule has 0 aromatic carbocycles. The number of carbonyl (C=O) groups excluding carboxylic acids is 1. The number of hydrogen-bond donors (Lipinski definition) is 1. The summed E-state index contributed by atoms with van der Waals surface area (Å²) in [4.78, 5) is 27.4. The van der Waals surface area contributed by atoms with Crippen molar-refractivity contribution in [2.75, 3.05) is 19.9 Å². The Morgan fingerprint density at radius 3 is 2.87 bits per heavy atom. The van der Waals surface area contributed by atoms with Gasteiger partial charge in [0, 0.05) is 25.0 Å². The Balaban J connectivity index is 2.85. The molecule has 2 N–H and O–H groups in total. The number of rotatable bonds is 3. The van der Waals surface area contributed by atoms with E-state index in [4.69, 9.17) is 10.6 Å². The molecule has 6 nitrogen and oxygen atoms in total. The third-order valence-electron chi connectivity index (χ3n) is 1.94. The summed E-state index contributed by atoms with van der Waals surface area (Å²) in [5, 5.41) is 1.05. The molecule has 1 heterocycles. The number of pyridine rings is 1. The van der Waals surface area contributed by atoms with E-state index >= 15 is 0 Å². The average Bonchev–Trinajstić information content (AvgIpc) is 2.22. The lowest BCUT2D eigenvalue weighted by atomic mass is 10.4.